The Bertz CT molecular complexity index is 888. The van der Waals surface area contributed by atoms with Crippen molar-refractivity contribution < 1.29 is 27.5 Å². The third kappa shape index (κ3) is 4.11. The molecular formula is C19H17F3N2O3. The summed E-state index contributed by atoms with van der Waals surface area (Å²) in [6.45, 7) is 1.92. The summed E-state index contributed by atoms with van der Waals surface area (Å²) >= 11 is 0. The molecule has 2 amide bonds. The van der Waals surface area contributed by atoms with Crippen LogP contribution in [0.2, 0.25) is 0 Å². The number of nitrogens with zero attached hydrogens (tertiary/aromatic N) is 1. The quantitative estimate of drug-likeness (QED) is 0.832. The highest BCUT2D eigenvalue weighted by Gasteiger charge is 2.28. The van der Waals surface area contributed by atoms with Gasteiger partial charge in [0.2, 0.25) is 0 Å². The van der Waals surface area contributed by atoms with E-state index >= 15 is 0 Å². The summed E-state index contributed by atoms with van der Waals surface area (Å²) in [5.41, 5.74) is 1.10. The van der Waals surface area contributed by atoms with Crippen molar-refractivity contribution in [3.05, 3.63) is 65.0 Å². The largest absolute Gasteiger partial charge is 0.365 e. The minimum Gasteiger partial charge on any atom is -0.365 e. The first kappa shape index (κ1) is 18.9. The summed E-state index contributed by atoms with van der Waals surface area (Å²) < 4.78 is 45.3. The van der Waals surface area contributed by atoms with Crippen LogP contribution in [0.3, 0.4) is 0 Å². The lowest BCUT2D eigenvalue weighted by molar-refractivity contribution is -0.129. The van der Waals surface area contributed by atoms with Gasteiger partial charge in [0.25, 0.3) is 11.8 Å². The smallest absolute Gasteiger partial charge is 0.254 e. The molecule has 0 aromatic heterocycles. The first-order chi connectivity index (χ1) is 12.9. The number of halogens is 3. The first-order valence-electron chi connectivity index (χ1n) is 8.27. The minimum atomic E-state index is -1.70. The van der Waals surface area contributed by atoms with Crippen LogP contribution in [0.15, 0.2) is 36.4 Å². The van der Waals surface area contributed by atoms with Gasteiger partial charge in [-0.15, -0.1) is 0 Å². The number of ether oxygens (including phenoxy) is 1. The molecular weight excluding hydrogens is 361 g/mol. The number of amides is 2. The Morgan fingerprint density at radius 2 is 2.00 bits per heavy atom. The van der Waals surface area contributed by atoms with Crippen molar-refractivity contribution in [1.82, 2.24) is 5.32 Å². The summed E-state index contributed by atoms with van der Waals surface area (Å²) in [7, 11) is 0. The molecule has 8 heteroatoms. The number of nitrogens with one attached hydrogen (secondary N) is 1. The van der Waals surface area contributed by atoms with Gasteiger partial charge in [-0.25, -0.2) is 13.2 Å². The Morgan fingerprint density at radius 1 is 1.22 bits per heavy atom. The van der Waals surface area contributed by atoms with Crippen LogP contribution >= 0.6 is 0 Å². The fourth-order valence-electron chi connectivity index (χ4n) is 2.80. The molecule has 0 bridgehead atoms. The molecule has 5 nitrogen and oxygen atoms in total. The van der Waals surface area contributed by atoms with Crippen molar-refractivity contribution in [3.8, 4) is 0 Å². The fraction of sp³-hybridized carbons (Fsp3) is 0.263. The summed E-state index contributed by atoms with van der Waals surface area (Å²) in [5.74, 6) is -5.72. The van der Waals surface area contributed by atoms with Crippen LogP contribution in [0.4, 0.5) is 18.9 Å². The van der Waals surface area contributed by atoms with Crippen LogP contribution < -0.4 is 10.2 Å². The molecule has 0 saturated carbocycles. The third-order valence-corrected chi connectivity index (χ3v) is 4.21. The number of morpholine rings is 1. The molecule has 1 aliphatic heterocycles. The van der Waals surface area contributed by atoms with Gasteiger partial charge in [-0.2, -0.15) is 0 Å². The predicted molar refractivity (Wildman–Crippen MR) is 91.9 cm³/mol. The third-order valence-electron chi connectivity index (χ3n) is 4.21. The molecule has 27 heavy (non-hydrogen) atoms. The summed E-state index contributed by atoms with van der Waals surface area (Å²) in [6.07, 6.45) is -0.527. The van der Waals surface area contributed by atoms with Crippen LogP contribution in [0.25, 0.3) is 0 Å². The SMILES string of the molecule is Cc1cccc(N2CC(CNC(=O)c3ccc(F)c(F)c3F)OCC2=O)c1. The second-order valence-electron chi connectivity index (χ2n) is 6.21. The van der Waals surface area contributed by atoms with Crippen LogP contribution in [0.5, 0.6) is 0 Å². The van der Waals surface area contributed by atoms with E-state index in [1.165, 1.54) is 0 Å². The second kappa shape index (κ2) is 7.79. The molecule has 0 radical (unpaired) electrons. The van der Waals surface area contributed by atoms with Gasteiger partial charge < -0.3 is 15.0 Å². The Balaban J connectivity index is 1.65. The van der Waals surface area contributed by atoms with Crippen molar-refractivity contribution >= 4 is 17.5 Å². The lowest BCUT2D eigenvalue weighted by atomic mass is 10.1. The molecule has 2 aromatic carbocycles. The maximum absolute atomic E-state index is 13.7. The zero-order valence-corrected chi connectivity index (χ0v) is 14.5. The second-order valence-corrected chi connectivity index (χ2v) is 6.21. The number of rotatable bonds is 4. The Hall–Kier alpha value is -2.87. The topological polar surface area (TPSA) is 58.6 Å². The fourth-order valence-corrected chi connectivity index (χ4v) is 2.80. The minimum absolute atomic E-state index is 0.0210. The van der Waals surface area contributed by atoms with Crippen molar-refractivity contribution in [3.63, 3.8) is 0 Å². The zero-order valence-electron chi connectivity index (χ0n) is 14.5. The maximum atomic E-state index is 13.7. The van der Waals surface area contributed by atoms with Crippen LogP contribution in [-0.4, -0.2) is 37.6 Å². The van der Waals surface area contributed by atoms with Gasteiger partial charge in [-0.05, 0) is 36.8 Å². The average molecular weight is 378 g/mol. The lowest BCUT2D eigenvalue weighted by Gasteiger charge is -2.33. The molecule has 1 N–H and O–H groups in total. The number of anilines is 1. The van der Waals surface area contributed by atoms with E-state index in [2.05, 4.69) is 5.32 Å². The van der Waals surface area contributed by atoms with E-state index in [-0.39, 0.29) is 25.6 Å². The standard InChI is InChI=1S/C19H17F3N2O3/c1-11-3-2-4-12(7-11)24-9-13(27-10-16(24)25)8-23-19(26)14-5-6-15(20)18(22)17(14)21/h2-7,13H,8-10H2,1H3,(H,23,26). The zero-order chi connectivity index (χ0) is 19.6. The van der Waals surface area contributed by atoms with E-state index in [0.29, 0.717) is 11.8 Å². The van der Waals surface area contributed by atoms with Crippen molar-refractivity contribution in [1.29, 1.82) is 0 Å². The van der Waals surface area contributed by atoms with E-state index in [4.69, 9.17) is 4.74 Å². The highest BCUT2D eigenvalue weighted by atomic mass is 19.2. The normalized spacial score (nSPS) is 17.1. The van der Waals surface area contributed by atoms with Gasteiger partial charge in [0, 0.05) is 12.2 Å². The maximum Gasteiger partial charge on any atom is 0.254 e. The molecule has 1 aliphatic rings. The van der Waals surface area contributed by atoms with Gasteiger partial charge in [0.05, 0.1) is 18.2 Å². The van der Waals surface area contributed by atoms with Crippen molar-refractivity contribution in [2.75, 3.05) is 24.6 Å². The molecule has 0 spiro atoms. The molecule has 142 valence electrons. The van der Waals surface area contributed by atoms with Gasteiger partial charge >= 0.3 is 0 Å². The number of hydrogen-bond acceptors (Lipinski definition) is 3. The molecule has 1 heterocycles. The number of carbonyl (C=O) groups is 2. The van der Waals surface area contributed by atoms with E-state index in [1.54, 1.807) is 11.0 Å². The van der Waals surface area contributed by atoms with Gasteiger partial charge in [-0.3, -0.25) is 9.59 Å². The summed E-state index contributed by atoms with van der Waals surface area (Å²) in [4.78, 5) is 25.7. The number of carbonyl (C=O) groups excluding carboxylic acids is 2. The highest BCUT2D eigenvalue weighted by molar-refractivity contribution is 5.95. The average Bonchev–Trinajstić information content (AvgIpc) is 2.65. The summed E-state index contributed by atoms with van der Waals surface area (Å²) in [5, 5.41) is 2.42. The van der Waals surface area contributed by atoms with Gasteiger partial charge in [0.15, 0.2) is 17.5 Å². The molecule has 2 aromatic rings. The van der Waals surface area contributed by atoms with Crippen LogP contribution in [-0.2, 0) is 9.53 Å². The highest BCUT2D eigenvalue weighted by Crippen LogP contribution is 2.20. The van der Waals surface area contributed by atoms with Crippen molar-refractivity contribution in [2.45, 2.75) is 13.0 Å². The Morgan fingerprint density at radius 3 is 2.74 bits per heavy atom. The number of hydrogen-bond donors (Lipinski definition) is 1. The molecule has 1 atom stereocenters. The monoisotopic (exact) mass is 378 g/mol. The Labute approximate surface area is 153 Å². The molecule has 1 fully saturated rings. The molecule has 1 saturated heterocycles. The van der Waals surface area contributed by atoms with E-state index < -0.39 is 35.0 Å². The van der Waals surface area contributed by atoms with Gasteiger partial charge in [0.1, 0.15) is 6.61 Å². The number of benzene rings is 2. The van der Waals surface area contributed by atoms with Crippen molar-refractivity contribution in [2.24, 2.45) is 0 Å². The van der Waals surface area contributed by atoms with Crippen LogP contribution in [0.1, 0.15) is 15.9 Å². The predicted octanol–water partition coefficient (Wildman–Crippen LogP) is 2.57. The molecule has 3 rings (SSSR count). The lowest BCUT2D eigenvalue weighted by Crippen LogP contribution is -2.50. The van der Waals surface area contributed by atoms with E-state index in [9.17, 15) is 22.8 Å². The van der Waals surface area contributed by atoms with Crippen LogP contribution in [0, 0.1) is 24.4 Å². The van der Waals surface area contributed by atoms with E-state index in [1.807, 2.05) is 25.1 Å². The Kier molecular flexibility index (Phi) is 5.46. The molecule has 1 unspecified atom stereocenters. The molecule has 0 aliphatic carbocycles. The van der Waals surface area contributed by atoms with Gasteiger partial charge in [-0.1, -0.05) is 12.1 Å². The van der Waals surface area contributed by atoms with E-state index in [0.717, 1.165) is 11.6 Å². The number of aryl methyl sites for hydroxylation is 1. The first-order valence-corrected chi connectivity index (χ1v) is 8.27. The summed E-state index contributed by atoms with van der Waals surface area (Å²) in [6, 6.07) is 8.94.